The molecule has 1 saturated heterocycles. The van der Waals surface area contributed by atoms with Crippen molar-refractivity contribution in [2.45, 2.75) is 52.8 Å². The maximum absolute atomic E-state index is 12.6. The molecule has 1 aliphatic rings. The van der Waals surface area contributed by atoms with Crippen molar-refractivity contribution in [2.24, 2.45) is 5.92 Å². The molecule has 0 radical (unpaired) electrons. The monoisotopic (exact) mass is 322 g/mol. The summed E-state index contributed by atoms with van der Waals surface area (Å²) in [5.74, 6) is 0.447. The molecule has 0 aliphatic carbocycles. The third-order valence-corrected chi connectivity index (χ3v) is 4.28. The van der Waals surface area contributed by atoms with Gasteiger partial charge in [0.15, 0.2) is 0 Å². The van der Waals surface area contributed by atoms with E-state index in [0.29, 0.717) is 18.1 Å². The molecule has 1 N–H and O–H groups in total. The van der Waals surface area contributed by atoms with E-state index < -0.39 is 0 Å². The minimum Gasteiger partial charge on any atom is -0.373 e. The third-order valence-electron chi connectivity index (χ3n) is 4.28. The summed E-state index contributed by atoms with van der Waals surface area (Å²) in [5, 5.41) is 7.48. The quantitative estimate of drug-likeness (QED) is 0.863. The first-order chi connectivity index (χ1) is 10.9. The third kappa shape index (κ3) is 4.54. The van der Waals surface area contributed by atoms with Crippen LogP contribution in [0.2, 0.25) is 0 Å². The average Bonchev–Trinajstić information content (AvgIpc) is 2.89. The van der Waals surface area contributed by atoms with Gasteiger partial charge in [-0.3, -0.25) is 9.48 Å². The first-order valence-electron chi connectivity index (χ1n) is 8.58. The number of carbonyl (C=O) groups is 1. The van der Waals surface area contributed by atoms with E-state index >= 15 is 0 Å². The highest BCUT2D eigenvalue weighted by Gasteiger charge is 2.26. The molecule has 0 unspecified atom stereocenters. The smallest absolute Gasteiger partial charge is 0.255 e. The molecule has 2 atom stereocenters. The number of amides is 1. The van der Waals surface area contributed by atoms with Gasteiger partial charge in [-0.1, -0.05) is 20.8 Å². The Labute approximate surface area is 139 Å². The highest BCUT2D eigenvalue weighted by Crippen LogP contribution is 2.13. The molecule has 1 aromatic heterocycles. The number of aromatic nitrogens is 2. The van der Waals surface area contributed by atoms with Gasteiger partial charge in [-0.05, 0) is 26.3 Å². The lowest BCUT2D eigenvalue weighted by Gasteiger charge is -2.33. The topological polar surface area (TPSA) is 59.4 Å². The molecule has 6 heteroatoms. The van der Waals surface area contributed by atoms with Crippen LogP contribution in [-0.2, 0) is 17.7 Å². The van der Waals surface area contributed by atoms with Crippen LogP contribution >= 0.6 is 0 Å². The second kappa shape index (κ2) is 7.93. The number of morpholine rings is 1. The molecular weight excluding hydrogens is 292 g/mol. The standard InChI is InChI=1S/C17H30N4O2/c1-6-15-14(9-18-21(15)10-12(2)3)17(22)19-13(4)16-11-20(5)7-8-23-16/h9,12-13,16H,6-8,10-11H2,1-5H3,(H,19,22)/t13-,16-/m1/s1. The molecule has 1 amide bonds. The Morgan fingerprint density at radius 3 is 2.83 bits per heavy atom. The van der Waals surface area contributed by atoms with Crippen molar-refractivity contribution in [2.75, 3.05) is 26.7 Å². The van der Waals surface area contributed by atoms with E-state index in [1.165, 1.54) is 0 Å². The number of carbonyl (C=O) groups excluding carboxylic acids is 1. The summed E-state index contributed by atoms with van der Waals surface area (Å²) in [4.78, 5) is 14.9. The van der Waals surface area contributed by atoms with Gasteiger partial charge in [0, 0.05) is 19.6 Å². The van der Waals surface area contributed by atoms with E-state index in [1.807, 2.05) is 11.6 Å². The Bertz CT molecular complexity index is 527. The summed E-state index contributed by atoms with van der Waals surface area (Å²) < 4.78 is 7.74. The Balaban J connectivity index is 2.03. The Kier molecular flexibility index (Phi) is 6.18. The number of ether oxygens (including phenoxy) is 1. The number of rotatable bonds is 6. The fourth-order valence-electron chi connectivity index (χ4n) is 2.97. The highest BCUT2D eigenvalue weighted by atomic mass is 16.5. The van der Waals surface area contributed by atoms with Gasteiger partial charge in [-0.25, -0.2) is 0 Å². The van der Waals surface area contributed by atoms with Gasteiger partial charge in [-0.15, -0.1) is 0 Å². The maximum atomic E-state index is 12.6. The molecule has 0 aromatic carbocycles. The van der Waals surface area contributed by atoms with Crippen LogP contribution in [-0.4, -0.2) is 59.5 Å². The van der Waals surface area contributed by atoms with Crippen LogP contribution in [0.3, 0.4) is 0 Å². The second-order valence-corrected chi connectivity index (χ2v) is 6.87. The van der Waals surface area contributed by atoms with Gasteiger partial charge in [0.05, 0.1) is 36.2 Å². The van der Waals surface area contributed by atoms with Crippen LogP contribution in [0.15, 0.2) is 6.20 Å². The Hall–Kier alpha value is -1.40. The zero-order chi connectivity index (χ0) is 17.0. The lowest BCUT2D eigenvalue weighted by molar-refractivity contribution is -0.0342. The van der Waals surface area contributed by atoms with Crippen LogP contribution < -0.4 is 5.32 Å². The van der Waals surface area contributed by atoms with Gasteiger partial charge < -0.3 is 15.0 Å². The van der Waals surface area contributed by atoms with Gasteiger partial charge in [0.1, 0.15) is 0 Å². The molecule has 0 saturated carbocycles. The summed E-state index contributed by atoms with van der Waals surface area (Å²) >= 11 is 0. The lowest BCUT2D eigenvalue weighted by Crippen LogP contribution is -2.51. The molecule has 130 valence electrons. The SMILES string of the molecule is CCc1c(C(=O)N[C@H](C)[C@H]2CN(C)CCO2)cnn1CC(C)C. The molecule has 23 heavy (non-hydrogen) atoms. The number of hydrogen-bond acceptors (Lipinski definition) is 4. The first-order valence-corrected chi connectivity index (χ1v) is 8.58. The predicted octanol–water partition coefficient (Wildman–Crippen LogP) is 1.55. The van der Waals surface area contributed by atoms with E-state index in [0.717, 1.165) is 31.7 Å². The normalized spacial score (nSPS) is 20.7. The van der Waals surface area contributed by atoms with E-state index in [4.69, 9.17) is 4.74 Å². The fraction of sp³-hybridized carbons (Fsp3) is 0.765. The van der Waals surface area contributed by atoms with Crippen LogP contribution in [0.1, 0.15) is 43.7 Å². The van der Waals surface area contributed by atoms with Crippen LogP contribution in [0, 0.1) is 5.92 Å². The van der Waals surface area contributed by atoms with Crippen molar-refractivity contribution in [3.8, 4) is 0 Å². The molecule has 1 fully saturated rings. The Morgan fingerprint density at radius 1 is 1.48 bits per heavy atom. The van der Waals surface area contributed by atoms with Crippen LogP contribution in [0.5, 0.6) is 0 Å². The number of hydrogen-bond donors (Lipinski definition) is 1. The van der Waals surface area contributed by atoms with E-state index in [1.54, 1.807) is 6.20 Å². The fourth-order valence-corrected chi connectivity index (χ4v) is 2.97. The minimum absolute atomic E-state index is 0.0246. The van der Waals surface area contributed by atoms with Crippen molar-refractivity contribution in [3.63, 3.8) is 0 Å². The van der Waals surface area contributed by atoms with Crippen molar-refractivity contribution in [1.82, 2.24) is 20.0 Å². The molecule has 2 heterocycles. The van der Waals surface area contributed by atoms with Crippen molar-refractivity contribution < 1.29 is 9.53 Å². The number of nitrogens with one attached hydrogen (secondary N) is 1. The van der Waals surface area contributed by atoms with Crippen molar-refractivity contribution in [1.29, 1.82) is 0 Å². The molecule has 0 spiro atoms. The van der Waals surface area contributed by atoms with Gasteiger partial charge in [0.2, 0.25) is 0 Å². The highest BCUT2D eigenvalue weighted by molar-refractivity contribution is 5.95. The maximum Gasteiger partial charge on any atom is 0.255 e. The zero-order valence-corrected chi connectivity index (χ0v) is 15.0. The summed E-state index contributed by atoms with van der Waals surface area (Å²) in [5.41, 5.74) is 1.69. The molecule has 2 rings (SSSR count). The van der Waals surface area contributed by atoms with Gasteiger partial charge in [-0.2, -0.15) is 5.10 Å². The van der Waals surface area contributed by atoms with E-state index in [9.17, 15) is 4.79 Å². The van der Waals surface area contributed by atoms with Gasteiger partial charge in [0.25, 0.3) is 5.91 Å². The first kappa shape index (κ1) is 17.9. The summed E-state index contributed by atoms with van der Waals surface area (Å²) in [7, 11) is 2.08. The summed E-state index contributed by atoms with van der Waals surface area (Å²) in [6.07, 6.45) is 2.53. The average molecular weight is 322 g/mol. The molecule has 6 nitrogen and oxygen atoms in total. The summed E-state index contributed by atoms with van der Waals surface area (Å²) in [6, 6.07) is -0.0246. The molecule has 0 bridgehead atoms. The largest absolute Gasteiger partial charge is 0.373 e. The molecular formula is C17H30N4O2. The van der Waals surface area contributed by atoms with Crippen molar-refractivity contribution in [3.05, 3.63) is 17.5 Å². The lowest BCUT2D eigenvalue weighted by atomic mass is 10.1. The molecule has 1 aliphatic heterocycles. The molecule has 1 aromatic rings. The van der Waals surface area contributed by atoms with Crippen LogP contribution in [0.25, 0.3) is 0 Å². The van der Waals surface area contributed by atoms with Crippen molar-refractivity contribution >= 4 is 5.91 Å². The number of likely N-dealkylation sites (N-methyl/N-ethyl adjacent to an activating group) is 1. The summed E-state index contributed by atoms with van der Waals surface area (Å²) in [6.45, 7) is 11.7. The second-order valence-electron chi connectivity index (χ2n) is 6.87. The Morgan fingerprint density at radius 2 is 2.22 bits per heavy atom. The number of nitrogens with zero attached hydrogens (tertiary/aromatic N) is 3. The predicted molar refractivity (Wildman–Crippen MR) is 90.6 cm³/mol. The van der Waals surface area contributed by atoms with E-state index in [-0.39, 0.29) is 18.1 Å². The van der Waals surface area contributed by atoms with E-state index in [2.05, 4.69) is 43.1 Å². The zero-order valence-electron chi connectivity index (χ0n) is 15.0. The van der Waals surface area contributed by atoms with Gasteiger partial charge >= 0.3 is 0 Å². The van der Waals surface area contributed by atoms with Crippen LogP contribution in [0.4, 0.5) is 0 Å². The minimum atomic E-state index is -0.0545.